The molecule has 0 amide bonds. The number of methoxy groups -OCH3 is 1. The first kappa shape index (κ1) is 18.4. The van der Waals surface area contributed by atoms with Gasteiger partial charge in [-0.2, -0.15) is 0 Å². The Morgan fingerprint density at radius 3 is 2.61 bits per heavy atom. The number of carbonyl (C=O) groups is 1. The Balaban J connectivity index is 1.53. The molecule has 3 aromatic rings. The van der Waals surface area contributed by atoms with Gasteiger partial charge in [-0.05, 0) is 48.4 Å². The van der Waals surface area contributed by atoms with E-state index in [2.05, 4.69) is 19.1 Å². The summed E-state index contributed by atoms with van der Waals surface area (Å²) in [6.07, 6.45) is 1.90. The number of carbonyl (C=O) groups excluding carboxylic acids is 1. The van der Waals surface area contributed by atoms with Crippen LogP contribution in [0.15, 0.2) is 76.5 Å². The second-order valence-corrected chi connectivity index (χ2v) is 7.71. The van der Waals surface area contributed by atoms with E-state index in [-0.39, 0.29) is 5.78 Å². The largest absolute Gasteiger partial charge is 0.493 e. The number of aryl methyl sites for hydroxylation is 1. The van der Waals surface area contributed by atoms with Crippen LogP contribution in [0, 0.1) is 6.92 Å². The fraction of sp³-hybridized carbons (Fsp3) is 0.125. The third-order valence-electron chi connectivity index (χ3n) is 4.54. The van der Waals surface area contributed by atoms with Crippen molar-refractivity contribution in [2.75, 3.05) is 7.11 Å². The highest BCUT2D eigenvalue weighted by Crippen LogP contribution is 2.41. The van der Waals surface area contributed by atoms with Crippen molar-refractivity contribution in [2.45, 2.75) is 18.4 Å². The fourth-order valence-corrected chi connectivity index (χ4v) is 4.20. The molecule has 0 spiro atoms. The van der Waals surface area contributed by atoms with Crippen LogP contribution in [-0.4, -0.2) is 12.9 Å². The van der Waals surface area contributed by atoms with E-state index in [1.54, 1.807) is 7.11 Å². The lowest BCUT2D eigenvalue weighted by Crippen LogP contribution is -1.98. The summed E-state index contributed by atoms with van der Waals surface area (Å²) < 4.78 is 11.5. The molecule has 4 heteroatoms. The summed E-state index contributed by atoms with van der Waals surface area (Å²) in [5, 5.41) is 0. The van der Waals surface area contributed by atoms with Crippen LogP contribution in [0.1, 0.15) is 27.0 Å². The van der Waals surface area contributed by atoms with Crippen LogP contribution < -0.4 is 9.47 Å². The number of fused-ring (bicyclic) bond motifs is 1. The minimum absolute atomic E-state index is 0.0688. The van der Waals surface area contributed by atoms with Gasteiger partial charge in [-0.1, -0.05) is 59.8 Å². The molecule has 1 aliphatic rings. The van der Waals surface area contributed by atoms with Gasteiger partial charge >= 0.3 is 0 Å². The van der Waals surface area contributed by atoms with Crippen LogP contribution in [0.3, 0.4) is 0 Å². The molecule has 0 aromatic heterocycles. The number of ether oxygens (including phenoxy) is 2. The summed E-state index contributed by atoms with van der Waals surface area (Å²) in [6, 6.07) is 21.6. The normalized spacial score (nSPS) is 14.2. The standard InChI is InChI=1S/C24H20O3S/c1-16-6-5-7-18(12-16)15-27-20-11-10-17(13-21(20)26-2)14-23-24(25)19-8-3-4-9-22(19)28-23/h3-14H,15H2,1-2H3/b23-14+. The Hall–Kier alpha value is -2.98. The van der Waals surface area contributed by atoms with Crippen molar-refractivity contribution < 1.29 is 14.3 Å². The van der Waals surface area contributed by atoms with E-state index in [9.17, 15) is 4.79 Å². The lowest BCUT2D eigenvalue weighted by atomic mass is 10.1. The van der Waals surface area contributed by atoms with Gasteiger partial charge in [0.25, 0.3) is 0 Å². The van der Waals surface area contributed by atoms with E-state index < -0.39 is 0 Å². The predicted octanol–water partition coefficient (Wildman–Crippen LogP) is 5.91. The van der Waals surface area contributed by atoms with E-state index >= 15 is 0 Å². The molecule has 0 fully saturated rings. The molecule has 0 N–H and O–H groups in total. The first-order valence-electron chi connectivity index (χ1n) is 9.04. The van der Waals surface area contributed by atoms with Crippen molar-refractivity contribution in [1.82, 2.24) is 0 Å². The van der Waals surface area contributed by atoms with Crippen molar-refractivity contribution in [2.24, 2.45) is 0 Å². The van der Waals surface area contributed by atoms with Crippen LogP contribution in [0.4, 0.5) is 0 Å². The minimum atomic E-state index is 0.0688. The van der Waals surface area contributed by atoms with E-state index in [0.717, 1.165) is 26.5 Å². The lowest BCUT2D eigenvalue weighted by Gasteiger charge is -2.12. The summed E-state index contributed by atoms with van der Waals surface area (Å²) in [4.78, 5) is 14.3. The van der Waals surface area contributed by atoms with Gasteiger partial charge in [-0.15, -0.1) is 0 Å². The summed E-state index contributed by atoms with van der Waals surface area (Å²) in [5.41, 5.74) is 3.99. The van der Waals surface area contributed by atoms with Crippen molar-refractivity contribution >= 4 is 23.6 Å². The molecular weight excluding hydrogens is 368 g/mol. The fourth-order valence-electron chi connectivity index (χ4n) is 3.14. The van der Waals surface area contributed by atoms with Gasteiger partial charge in [0.1, 0.15) is 6.61 Å². The zero-order valence-corrected chi connectivity index (χ0v) is 16.6. The number of allylic oxidation sites excluding steroid dienone is 1. The molecule has 0 saturated carbocycles. The van der Waals surface area contributed by atoms with Gasteiger partial charge in [0.05, 0.1) is 12.0 Å². The van der Waals surface area contributed by atoms with Gasteiger partial charge in [-0.25, -0.2) is 0 Å². The monoisotopic (exact) mass is 388 g/mol. The van der Waals surface area contributed by atoms with Gasteiger partial charge in [0, 0.05) is 10.5 Å². The SMILES string of the molecule is COc1cc(/C=C2/Sc3ccccc3C2=O)ccc1OCc1cccc(C)c1. The molecule has 0 saturated heterocycles. The first-order chi connectivity index (χ1) is 13.6. The Kier molecular flexibility index (Phi) is 5.22. The van der Waals surface area contributed by atoms with Gasteiger partial charge in [-0.3, -0.25) is 4.79 Å². The maximum atomic E-state index is 12.6. The molecule has 0 unspecified atom stereocenters. The van der Waals surface area contributed by atoms with E-state index in [1.807, 2.05) is 60.7 Å². The second-order valence-electron chi connectivity index (χ2n) is 6.62. The average Bonchev–Trinajstić information content (AvgIpc) is 3.02. The van der Waals surface area contributed by atoms with Crippen molar-refractivity contribution in [3.63, 3.8) is 0 Å². The van der Waals surface area contributed by atoms with Gasteiger partial charge in [0.15, 0.2) is 11.5 Å². The Labute approximate surface area is 169 Å². The minimum Gasteiger partial charge on any atom is -0.493 e. The predicted molar refractivity (Wildman–Crippen MR) is 113 cm³/mol. The number of Topliss-reactive ketones (excluding diaryl/α,β-unsaturated/α-hetero) is 1. The van der Waals surface area contributed by atoms with Crippen LogP contribution in [0.5, 0.6) is 11.5 Å². The Bertz CT molecular complexity index is 1070. The van der Waals surface area contributed by atoms with Gasteiger partial charge < -0.3 is 9.47 Å². The van der Waals surface area contributed by atoms with Crippen LogP contribution >= 0.6 is 11.8 Å². The molecule has 3 aromatic carbocycles. The van der Waals surface area contributed by atoms with Crippen LogP contribution in [-0.2, 0) is 6.61 Å². The summed E-state index contributed by atoms with van der Waals surface area (Å²) in [5.74, 6) is 1.40. The number of rotatable bonds is 5. The molecule has 0 atom stereocenters. The third-order valence-corrected chi connectivity index (χ3v) is 5.64. The number of hydrogen-bond acceptors (Lipinski definition) is 4. The maximum Gasteiger partial charge on any atom is 0.200 e. The van der Waals surface area contributed by atoms with E-state index in [4.69, 9.17) is 9.47 Å². The number of hydrogen-bond donors (Lipinski definition) is 0. The Morgan fingerprint density at radius 1 is 0.964 bits per heavy atom. The molecule has 0 radical (unpaired) electrons. The van der Waals surface area contributed by atoms with Crippen molar-refractivity contribution in [3.05, 3.63) is 93.9 Å². The molecule has 3 nitrogen and oxygen atoms in total. The molecule has 0 bridgehead atoms. The molecule has 1 heterocycles. The summed E-state index contributed by atoms with van der Waals surface area (Å²) >= 11 is 1.51. The van der Waals surface area contributed by atoms with E-state index in [1.165, 1.54) is 17.3 Å². The number of benzene rings is 3. The zero-order chi connectivity index (χ0) is 19.5. The van der Waals surface area contributed by atoms with Gasteiger partial charge in [0.2, 0.25) is 5.78 Å². The van der Waals surface area contributed by atoms with Crippen molar-refractivity contribution in [1.29, 1.82) is 0 Å². The zero-order valence-electron chi connectivity index (χ0n) is 15.8. The lowest BCUT2D eigenvalue weighted by molar-refractivity contribution is 0.104. The molecule has 0 aliphatic carbocycles. The molecule has 140 valence electrons. The summed E-state index contributed by atoms with van der Waals surface area (Å²) in [7, 11) is 1.62. The highest BCUT2D eigenvalue weighted by Gasteiger charge is 2.25. The average molecular weight is 388 g/mol. The van der Waals surface area contributed by atoms with E-state index in [0.29, 0.717) is 18.1 Å². The molecule has 1 aliphatic heterocycles. The quantitative estimate of drug-likeness (QED) is 0.509. The van der Waals surface area contributed by atoms with Crippen molar-refractivity contribution in [3.8, 4) is 11.5 Å². The topological polar surface area (TPSA) is 35.5 Å². The molecule has 28 heavy (non-hydrogen) atoms. The molecule has 4 rings (SSSR count). The molecular formula is C24H20O3S. The Morgan fingerprint density at radius 2 is 1.82 bits per heavy atom. The first-order valence-corrected chi connectivity index (χ1v) is 9.85. The second kappa shape index (κ2) is 7.95. The van der Waals surface area contributed by atoms with Crippen LogP contribution in [0.25, 0.3) is 6.08 Å². The highest BCUT2D eigenvalue weighted by molar-refractivity contribution is 8.04. The maximum absolute atomic E-state index is 12.6. The smallest absolute Gasteiger partial charge is 0.200 e. The highest BCUT2D eigenvalue weighted by atomic mass is 32.2. The number of ketones is 1. The number of thioether (sulfide) groups is 1. The third kappa shape index (κ3) is 3.82. The summed E-state index contributed by atoms with van der Waals surface area (Å²) in [6.45, 7) is 2.54. The van der Waals surface area contributed by atoms with Crippen LogP contribution in [0.2, 0.25) is 0 Å².